The van der Waals surface area contributed by atoms with Crippen molar-refractivity contribution in [3.05, 3.63) is 46.3 Å². The van der Waals surface area contributed by atoms with Gasteiger partial charge in [-0.15, -0.1) is 0 Å². The van der Waals surface area contributed by atoms with Crippen molar-refractivity contribution in [2.45, 2.75) is 33.7 Å². The Morgan fingerprint density at radius 1 is 1.22 bits per heavy atom. The fraction of sp³-hybridized carbons (Fsp3) is 0.400. The highest BCUT2D eigenvalue weighted by atomic mass is 15.3. The third-order valence-electron chi connectivity index (χ3n) is 4.00. The molecule has 18 heavy (non-hydrogen) atoms. The summed E-state index contributed by atoms with van der Waals surface area (Å²) in [6, 6.07) is 6.55. The molecule has 0 saturated carbocycles. The number of hydrogen-bond donors (Lipinski definition) is 1. The molecule has 3 nitrogen and oxygen atoms in total. The average molecular weight is 241 g/mol. The van der Waals surface area contributed by atoms with E-state index in [0.717, 1.165) is 25.2 Å². The number of aryl methyl sites for hydroxylation is 1. The summed E-state index contributed by atoms with van der Waals surface area (Å²) in [4.78, 5) is 0. The highest BCUT2D eigenvalue weighted by Crippen LogP contribution is 2.24. The molecule has 1 aromatic heterocycles. The van der Waals surface area contributed by atoms with Gasteiger partial charge in [-0.3, -0.25) is 0 Å². The fourth-order valence-electron chi connectivity index (χ4n) is 2.65. The zero-order chi connectivity index (χ0) is 12.7. The maximum Gasteiger partial charge on any atom is 0.0696 e. The largest absolute Gasteiger partial charge is 0.312 e. The number of rotatable bonds is 1. The lowest BCUT2D eigenvalue weighted by Crippen LogP contribution is -2.25. The van der Waals surface area contributed by atoms with Crippen LogP contribution in [-0.4, -0.2) is 16.3 Å². The van der Waals surface area contributed by atoms with Gasteiger partial charge in [-0.1, -0.05) is 12.1 Å². The molecule has 0 radical (unpaired) electrons. The van der Waals surface area contributed by atoms with E-state index in [1.165, 1.54) is 28.1 Å². The van der Waals surface area contributed by atoms with Crippen molar-refractivity contribution in [1.29, 1.82) is 0 Å². The molecule has 0 saturated heterocycles. The molecule has 0 amide bonds. The van der Waals surface area contributed by atoms with Crippen molar-refractivity contribution in [2.75, 3.05) is 6.54 Å². The predicted molar refractivity (Wildman–Crippen MR) is 73.2 cm³/mol. The minimum atomic E-state index is 0.947. The second kappa shape index (κ2) is 4.25. The number of aromatic nitrogens is 2. The Balaban J connectivity index is 2.20. The molecule has 1 aliphatic heterocycles. The molecule has 3 heteroatoms. The summed E-state index contributed by atoms with van der Waals surface area (Å²) >= 11 is 0. The van der Waals surface area contributed by atoms with Gasteiger partial charge in [-0.2, -0.15) is 5.10 Å². The molecule has 0 unspecified atom stereocenters. The van der Waals surface area contributed by atoms with Crippen LogP contribution in [0.5, 0.6) is 0 Å². The molecular formula is C15H19N3. The first-order chi connectivity index (χ1) is 8.68. The van der Waals surface area contributed by atoms with E-state index in [1.807, 2.05) is 0 Å². The topological polar surface area (TPSA) is 29.9 Å². The Labute approximate surface area is 108 Å². The number of nitrogens with one attached hydrogen (secondary N) is 1. The van der Waals surface area contributed by atoms with Gasteiger partial charge in [0.1, 0.15) is 0 Å². The number of nitrogens with zero attached hydrogens (tertiary/aromatic N) is 2. The van der Waals surface area contributed by atoms with E-state index in [2.05, 4.69) is 54.1 Å². The standard InChI is InChI=1S/C15H19N3/c1-10-11(2)17-18(12(10)3)15-6-4-5-13-7-8-16-9-14(13)15/h4-6,16H,7-9H2,1-3H3. The third-order valence-corrected chi connectivity index (χ3v) is 4.00. The normalized spacial score (nSPS) is 14.6. The summed E-state index contributed by atoms with van der Waals surface area (Å²) in [5.74, 6) is 0. The Bertz CT molecular complexity index is 596. The van der Waals surface area contributed by atoms with Crippen LogP contribution in [0.4, 0.5) is 0 Å². The van der Waals surface area contributed by atoms with Crippen LogP contribution in [0.2, 0.25) is 0 Å². The SMILES string of the molecule is Cc1nn(-c2cccc3c2CNCC3)c(C)c1C. The smallest absolute Gasteiger partial charge is 0.0696 e. The van der Waals surface area contributed by atoms with Crippen molar-refractivity contribution >= 4 is 0 Å². The summed E-state index contributed by atoms with van der Waals surface area (Å²) < 4.78 is 2.09. The zero-order valence-corrected chi connectivity index (χ0v) is 11.2. The highest BCUT2D eigenvalue weighted by Gasteiger charge is 2.16. The molecule has 0 aliphatic carbocycles. The lowest BCUT2D eigenvalue weighted by molar-refractivity contribution is 0.635. The molecule has 0 fully saturated rings. The Morgan fingerprint density at radius 2 is 2.06 bits per heavy atom. The average Bonchev–Trinajstić information content (AvgIpc) is 2.66. The van der Waals surface area contributed by atoms with E-state index in [4.69, 9.17) is 0 Å². The van der Waals surface area contributed by atoms with E-state index in [0.29, 0.717) is 0 Å². The van der Waals surface area contributed by atoms with Crippen LogP contribution in [0.15, 0.2) is 18.2 Å². The molecule has 94 valence electrons. The fourth-order valence-corrected chi connectivity index (χ4v) is 2.65. The van der Waals surface area contributed by atoms with Gasteiger partial charge in [0.2, 0.25) is 0 Å². The van der Waals surface area contributed by atoms with Crippen molar-refractivity contribution in [3.63, 3.8) is 0 Å². The molecule has 1 N–H and O–H groups in total. The van der Waals surface area contributed by atoms with Crippen LogP contribution in [0.1, 0.15) is 28.1 Å². The molecule has 3 rings (SSSR count). The van der Waals surface area contributed by atoms with E-state index in [1.54, 1.807) is 0 Å². The van der Waals surface area contributed by atoms with Gasteiger partial charge in [0.15, 0.2) is 0 Å². The van der Waals surface area contributed by atoms with Gasteiger partial charge in [0.25, 0.3) is 0 Å². The predicted octanol–water partition coefficient (Wildman–Crippen LogP) is 2.44. The molecule has 0 spiro atoms. The monoisotopic (exact) mass is 241 g/mol. The lowest BCUT2D eigenvalue weighted by Gasteiger charge is -2.20. The molecule has 1 aromatic carbocycles. The van der Waals surface area contributed by atoms with Crippen LogP contribution in [0, 0.1) is 20.8 Å². The summed E-state index contributed by atoms with van der Waals surface area (Å²) in [7, 11) is 0. The minimum absolute atomic E-state index is 0.947. The summed E-state index contributed by atoms with van der Waals surface area (Å²) in [5, 5.41) is 8.13. The Hall–Kier alpha value is -1.61. The van der Waals surface area contributed by atoms with Crippen molar-refractivity contribution in [2.24, 2.45) is 0 Å². The van der Waals surface area contributed by atoms with Crippen molar-refractivity contribution in [1.82, 2.24) is 15.1 Å². The molecular weight excluding hydrogens is 222 g/mol. The van der Waals surface area contributed by atoms with E-state index in [9.17, 15) is 0 Å². The highest BCUT2D eigenvalue weighted by molar-refractivity contribution is 5.48. The second-order valence-corrected chi connectivity index (χ2v) is 5.05. The van der Waals surface area contributed by atoms with E-state index < -0.39 is 0 Å². The van der Waals surface area contributed by atoms with E-state index >= 15 is 0 Å². The molecule has 1 aliphatic rings. The van der Waals surface area contributed by atoms with Gasteiger partial charge in [-0.05, 0) is 56.5 Å². The third kappa shape index (κ3) is 1.66. The van der Waals surface area contributed by atoms with Crippen molar-refractivity contribution < 1.29 is 0 Å². The Morgan fingerprint density at radius 3 is 2.78 bits per heavy atom. The first-order valence-electron chi connectivity index (χ1n) is 6.53. The van der Waals surface area contributed by atoms with Gasteiger partial charge in [0.05, 0.1) is 11.4 Å². The number of benzene rings is 1. The molecule has 0 atom stereocenters. The first-order valence-corrected chi connectivity index (χ1v) is 6.53. The van der Waals surface area contributed by atoms with Crippen LogP contribution in [0.3, 0.4) is 0 Å². The lowest BCUT2D eigenvalue weighted by atomic mass is 9.99. The van der Waals surface area contributed by atoms with Gasteiger partial charge < -0.3 is 5.32 Å². The Kier molecular flexibility index (Phi) is 2.71. The van der Waals surface area contributed by atoms with Crippen molar-refractivity contribution in [3.8, 4) is 5.69 Å². The summed E-state index contributed by atoms with van der Waals surface area (Å²) in [6.45, 7) is 8.38. The quantitative estimate of drug-likeness (QED) is 0.831. The maximum absolute atomic E-state index is 4.68. The van der Waals surface area contributed by atoms with Crippen LogP contribution >= 0.6 is 0 Å². The van der Waals surface area contributed by atoms with Crippen LogP contribution in [-0.2, 0) is 13.0 Å². The number of fused-ring (bicyclic) bond motifs is 1. The maximum atomic E-state index is 4.68. The molecule has 2 aromatic rings. The first kappa shape index (κ1) is 11.5. The molecule has 0 bridgehead atoms. The van der Waals surface area contributed by atoms with Gasteiger partial charge >= 0.3 is 0 Å². The zero-order valence-electron chi connectivity index (χ0n) is 11.2. The summed E-state index contributed by atoms with van der Waals surface area (Å²) in [6.07, 6.45) is 1.11. The van der Waals surface area contributed by atoms with Gasteiger partial charge in [0, 0.05) is 12.2 Å². The van der Waals surface area contributed by atoms with Crippen LogP contribution < -0.4 is 5.32 Å². The minimum Gasteiger partial charge on any atom is -0.312 e. The number of hydrogen-bond acceptors (Lipinski definition) is 2. The second-order valence-electron chi connectivity index (χ2n) is 5.05. The summed E-state index contributed by atoms with van der Waals surface area (Å²) in [5.41, 5.74) is 7.73. The van der Waals surface area contributed by atoms with Crippen LogP contribution in [0.25, 0.3) is 5.69 Å². The molecule has 2 heterocycles. The van der Waals surface area contributed by atoms with Gasteiger partial charge in [-0.25, -0.2) is 4.68 Å². The van der Waals surface area contributed by atoms with E-state index in [-0.39, 0.29) is 0 Å².